The molecule has 1 N–H and O–H groups in total. The maximum absolute atomic E-state index is 12.7. The van der Waals surface area contributed by atoms with E-state index < -0.39 is 0 Å². The summed E-state index contributed by atoms with van der Waals surface area (Å²) in [5, 5.41) is 4.15. The summed E-state index contributed by atoms with van der Waals surface area (Å²) in [4.78, 5) is 20.5. The van der Waals surface area contributed by atoms with Gasteiger partial charge in [-0.2, -0.15) is 0 Å². The number of benzene rings is 2. The van der Waals surface area contributed by atoms with E-state index in [1.165, 1.54) is 28.6 Å². The van der Waals surface area contributed by atoms with Crippen molar-refractivity contribution in [1.29, 1.82) is 0 Å². The van der Waals surface area contributed by atoms with Crippen molar-refractivity contribution < 1.29 is 4.79 Å². The number of thioether (sulfide) groups is 1. The minimum atomic E-state index is -0.114. The van der Waals surface area contributed by atoms with Crippen molar-refractivity contribution in [1.82, 2.24) is 5.32 Å². The highest BCUT2D eigenvalue weighted by Crippen LogP contribution is 2.45. The second kappa shape index (κ2) is 9.19. The van der Waals surface area contributed by atoms with Gasteiger partial charge in [0.2, 0.25) is 0 Å². The molecule has 0 spiro atoms. The Morgan fingerprint density at radius 2 is 2.06 bits per heavy atom. The molecule has 0 saturated carbocycles. The number of halogens is 1. The molecule has 2 aliphatic heterocycles. The van der Waals surface area contributed by atoms with E-state index in [1.807, 2.05) is 31.2 Å². The Kier molecular flexibility index (Phi) is 6.66. The van der Waals surface area contributed by atoms with Gasteiger partial charge in [0.15, 0.2) is 5.17 Å². The van der Waals surface area contributed by atoms with Crippen LogP contribution in [0.25, 0.3) is 6.08 Å². The maximum atomic E-state index is 12.7. The Bertz CT molecular complexity index is 1170. The third-order valence-electron chi connectivity index (χ3n) is 6.62. The highest BCUT2D eigenvalue weighted by molar-refractivity contribution is 8.18. The third-order valence-corrected chi connectivity index (χ3v) is 7.94. The van der Waals surface area contributed by atoms with Crippen molar-refractivity contribution in [2.75, 3.05) is 11.4 Å². The molecule has 4 rings (SSSR count). The molecule has 33 heavy (non-hydrogen) atoms. The van der Waals surface area contributed by atoms with Gasteiger partial charge in [0.25, 0.3) is 5.91 Å². The van der Waals surface area contributed by atoms with Crippen LogP contribution in [0, 0.1) is 13.8 Å². The quantitative estimate of drug-likeness (QED) is 0.464. The summed E-state index contributed by atoms with van der Waals surface area (Å²) in [7, 11) is 0. The Morgan fingerprint density at radius 1 is 1.30 bits per heavy atom. The second-order valence-electron chi connectivity index (χ2n) is 9.70. The number of amides is 1. The van der Waals surface area contributed by atoms with Crippen LogP contribution < -0.4 is 10.2 Å². The zero-order chi connectivity index (χ0) is 23.9. The number of hydrogen-bond donors (Lipinski definition) is 1. The van der Waals surface area contributed by atoms with E-state index in [2.05, 4.69) is 62.0 Å². The lowest BCUT2D eigenvalue weighted by atomic mass is 9.79. The monoisotopic (exact) mass is 481 g/mol. The molecule has 4 nitrogen and oxygen atoms in total. The van der Waals surface area contributed by atoms with Gasteiger partial charge in [-0.3, -0.25) is 4.79 Å². The molecule has 1 amide bonds. The molecule has 0 radical (unpaired) electrons. The average Bonchev–Trinajstić information content (AvgIpc) is 3.08. The zero-order valence-electron chi connectivity index (χ0n) is 20.3. The molecule has 2 aliphatic rings. The first kappa shape index (κ1) is 23.9. The van der Waals surface area contributed by atoms with E-state index in [9.17, 15) is 4.79 Å². The summed E-state index contributed by atoms with van der Waals surface area (Å²) in [5.74, 6) is 0.353. The normalized spacial score (nSPS) is 22.1. The number of hydrogen-bond acceptors (Lipinski definition) is 4. The second-order valence-corrected chi connectivity index (χ2v) is 11.1. The standard InChI is InChI=1S/C27H32ClN3OS/c1-7-11-31-23-12-16(2)19(13-20(23)17(3)15-27(31,5)6)14-24-25(32)30-26(33-24)29-22-10-8-9-21(28)18(22)4/h8-10,12-14,17H,7,11,15H2,1-6H3,(H,29,30,32)/b24-14+. The molecule has 6 heteroatoms. The number of rotatable bonds is 4. The van der Waals surface area contributed by atoms with Crippen LogP contribution in [-0.4, -0.2) is 23.2 Å². The Morgan fingerprint density at radius 3 is 2.79 bits per heavy atom. The molecule has 174 valence electrons. The minimum absolute atomic E-state index is 0.114. The molecule has 1 saturated heterocycles. The van der Waals surface area contributed by atoms with Crippen molar-refractivity contribution in [3.05, 3.63) is 62.5 Å². The summed E-state index contributed by atoms with van der Waals surface area (Å²) in [6.45, 7) is 14.3. The van der Waals surface area contributed by atoms with Crippen molar-refractivity contribution in [2.45, 2.75) is 65.8 Å². The topological polar surface area (TPSA) is 44.7 Å². The van der Waals surface area contributed by atoms with Gasteiger partial charge >= 0.3 is 0 Å². The van der Waals surface area contributed by atoms with Crippen molar-refractivity contribution in [3.8, 4) is 0 Å². The zero-order valence-corrected chi connectivity index (χ0v) is 21.8. The van der Waals surface area contributed by atoms with Crippen LogP contribution in [-0.2, 0) is 4.79 Å². The highest BCUT2D eigenvalue weighted by Gasteiger charge is 2.36. The Labute approximate surface area is 206 Å². The SMILES string of the molecule is CCCN1c2cc(C)c(/C=C3/SC(=Nc4cccc(Cl)c4C)NC3=O)cc2C(C)CC1(C)C. The lowest BCUT2D eigenvalue weighted by molar-refractivity contribution is -0.115. The number of aliphatic imine (C=N–C) groups is 1. The fourth-order valence-electron chi connectivity index (χ4n) is 4.90. The van der Waals surface area contributed by atoms with Gasteiger partial charge in [0, 0.05) is 22.8 Å². The molecule has 1 unspecified atom stereocenters. The van der Waals surface area contributed by atoms with Gasteiger partial charge in [-0.05, 0) is 111 Å². The average molecular weight is 482 g/mol. The summed E-state index contributed by atoms with van der Waals surface area (Å²) in [5.41, 5.74) is 6.78. The molecular weight excluding hydrogens is 450 g/mol. The summed E-state index contributed by atoms with van der Waals surface area (Å²) < 4.78 is 0. The number of nitrogens with zero attached hydrogens (tertiary/aromatic N) is 2. The molecular formula is C27H32ClN3OS. The van der Waals surface area contributed by atoms with Gasteiger partial charge < -0.3 is 10.2 Å². The third kappa shape index (κ3) is 4.71. The van der Waals surface area contributed by atoms with E-state index in [0.717, 1.165) is 36.2 Å². The smallest absolute Gasteiger partial charge is 0.264 e. The predicted octanol–water partition coefficient (Wildman–Crippen LogP) is 7.35. The van der Waals surface area contributed by atoms with Crippen LogP contribution in [0.1, 0.15) is 68.7 Å². The van der Waals surface area contributed by atoms with Gasteiger partial charge in [-0.25, -0.2) is 4.99 Å². The molecule has 2 aromatic carbocycles. The van der Waals surface area contributed by atoms with Crippen LogP contribution in [0.2, 0.25) is 5.02 Å². The first-order chi connectivity index (χ1) is 15.6. The fourth-order valence-corrected chi connectivity index (χ4v) is 5.90. The number of carbonyl (C=O) groups excluding carboxylic acids is 1. The van der Waals surface area contributed by atoms with Crippen LogP contribution in [0.4, 0.5) is 11.4 Å². The van der Waals surface area contributed by atoms with Crippen LogP contribution >= 0.6 is 23.4 Å². The Hall–Kier alpha value is -2.24. The molecule has 0 aliphatic carbocycles. The van der Waals surface area contributed by atoms with Gasteiger partial charge in [0.1, 0.15) is 0 Å². The van der Waals surface area contributed by atoms with E-state index in [0.29, 0.717) is 21.0 Å². The van der Waals surface area contributed by atoms with E-state index >= 15 is 0 Å². The van der Waals surface area contributed by atoms with Crippen LogP contribution in [0.3, 0.4) is 0 Å². The lowest BCUT2D eigenvalue weighted by Crippen LogP contribution is -2.48. The van der Waals surface area contributed by atoms with Crippen molar-refractivity contribution in [3.63, 3.8) is 0 Å². The van der Waals surface area contributed by atoms with Gasteiger partial charge in [-0.1, -0.05) is 31.5 Å². The summed E-state index contributed by atoms with van der Waals surface area (Å²) in [6.07, 6.45) is 4.23. The van der Waals surface area contributed by atoms with Gasteiger partial charge in [0.05, 0.1) is 10.6 Å². The molecule has 0 aromatic heterocycles. The van der Waals surface area contributed by atoms with E-state index in [-0.39, 0.29) is 11.4 Å². The number of anilines is 1. The van der Waals surface area contributed by atoms with Crippen LogP contribution in [0.15, 0.2) is 40.2 Å². The number of fused-ring (bicyclic) bond motifs is 1. The highest BCUT2D eigenvalue weighted by atomic mass is 35.5. The lowest BCUT2D eigenvalue weighted by Gasteiger charge is -2.48. The minimum Gasteiger partial charge on any atom is -0.366 e. The van der Waals surface area contributed by atoms with E-state index in [1.54, 1.807) is 0 Å². The number of nitrogens with one attached hydrogen (secondary N) is 1. The first-order valence-corrected chi connectivity index (χ1v) is 12.8. The number of carbonyl (C=O) groups is 1. The number of aryl methyl sites for hydroxylation is 1. The summed E-state index contributed by atoms with van der Waals surface area (Å²) in [6, 6.07) is 10.2. The fraction of sp³-hybridized carbons (Fsp3) is 0.407. The number of amidine groups is 1. The molecule has 2 heterocycles. The predicted molar refractivity (Wildman–Crippen MR) is 143 cm³/mol. The Balaban J connectivity index is 1.67. The van der Waals surface area contributed by atoms with E-state index in [4.69, 9.17) is 11.6 Å². The molecule has 2 aromatic rings. The van der Waals surface area contributed by atoms with Crippen molar-refractivity contribution in [2.24, 2.45) is 4.99 Å². The largest absolute Gasteiger partial charge is 0.366 e. The van der Waals surface area contributed by atoms with Crippen LogP contribution in [0.5, 0.6) is 0 Å². The van der Waals surface area contributed by atoms with Crippen molar-refractivity contribution >= 4 is 51.9 Å². The van der Waals surface area contributed by atoms with Gasteiger partial charge in [-0.15, -0.1) is 0 Å². The molecule has 1 atom stereocenters. The molecule has 1 fully saturated rings. The maximum Gasteiger partial charge on any atom is 0.264 e. The first-order valence-electron chi connectivity index (χ1n) is 11.6. The summed E-state index contributed by atoms with van der Waals surface area (Å²) >= 11 is 7.60. The molecule has 0 bridgehead atoms.